The number of anilines is 1. The second-order valence-electron chi connectivity index (χ2n) is 7.04. The van der Waals surface area contributed by atoms with Crippen molar-refractivity contribution >= 4 is 29.3 Å². The van der Waals surface area contributed by atoms with Crippen molar-refractivity contribution in [1.29, 1.82) is 0 Å². The molecule has 0 saturated carbocycles. The molecule has 0 unspecified atom stereocenters. The lowest BCUT2D eigenvalue weighted by Crippen LogP contribution is -2.37. The summed E-state index contributed by atoms with van der Waals surface area (Å²) >= 11 is 1.48. The molecule has 2 atom stereocenters. The van der Waals surface area contributed by atoms with Gasteiger partial charge >= 0.3 is 0 Å². The highest BCUT2D eigenvalue weighted by molar-refractivity contribution is 8.01. The number of rotatable bonds is 5. The summed E-state index contributed by atoms with van der Waals surface area (Å²) in [7, 11) is 0. The Morgan fingerprint density at radius 2 is 2.00 bits per heavy atom. The quantitative estimate of drug-likeness (QED) is 0.821. The van der Waals surface area contributed by atoms with Crippen LogP contribution in [0.15, 0.2) is 53.4 Å². The fourth-order valence-corrected chi connectivity index (χ4v) is 4.97. The maximum absolute atomic E-state index is 13.0. The third-order valence-corrected chi connectivity index (χ3v) is 6.49. The fourth-order valence-electron chi connectivity index (χ4n) is 3.87. The van der Waals surface area contributed by atoms with Crippen LogP contribution in [0.4, 0.5) is 5.69 Å². The summed E-state index contributed by atoms with van der Waals surface area (Å²) in [5, 5.41) is 2.54. The first-order valence-corrected chi connectivity index (χ1v) is 10.6. The molecule has 4 rings (SSSR count). The van der Waals surface area contributed by atoms with Gasteiger partial charge in [-0.2, -0.15) is 0 Å². The third kappa shape index (κ3) is 3.87. The minimum absolute atomic E-state index is 0.0448. The lowest BCUT2D eigenvalue weighted by molar-refractivity contribution is -0.133. The average molecular weight is 397 g/mol. The largest absolute Gasteiger partial charge is 0.494 e. The molecule has 2 aromatic rings. The van der Waals surface area contributed by atoms with Gasteiger partial charge in [0, 0.05) is 17.9 Å². The van der Waals surface area contributed by atoms with Crippen molar-refractivity contribution in [3.8, 4) is 5.75 Å². The normalized spacial score (nSPS) is 21.2. The lowest BCUT2D eigenvalue weighted by atomic mass is 10.0. The van der Waals surface area contributed by atoms with Gasteiger partial charge < -0.3 is 15.0 Å². The standard InChI is InChI=1S/C22H24N2O3S/c1-2-27-16-11-9-15(10-12-16)18-7-5-13-24(18)21(25)14-20-22(26)23-17-6-3-4-8-19(17)28-20/h3-4,6,8-12,18,20H,2,5,7,13-14H2,1H3,(H,23,26)/t18-,20-/m0/s1. The van der Waals surface area contributed by atoms with Gasteiger partial charge in [-0.25, -0.2) is 0 Å². The van der Waals surface area contributed by atoms with Gasteiger partial charge in [0.2, 0.25) is 11.8 Å². The van der Waals surface area contributed by atoms with E-state index < -0.39 is 0 Å². The number of ether oxygens (including phenoxy) is 1. The van der Waals surface area contributed by atoms with Crippen LogP contribution in [0, 0.1) is 0 Å². The van der Waals surface area contributed by atoms with Crippen LogP contribution in [0.25, 0.3) is 0 Å². The van der Waals surface area contributed by atoms with Crippen molar-refractivity contribution < 1.29 is 14.3 Å². The summed E-state index contributed by atoms with van der Waals surface area (Å²) in [4.78, 5) is 28.4. The number of carbonyl (C=O) groups is 2. The summed E-state index contributed by atoms with van der Waals surface area (Å²) in [6.07, 6.45) is 2.15. The number of fused-ring (bicyclic) bond motifs is 1. The predicted molar refractivity (Wildman–Crippen MR) is 111 cm³/mol. The van der Waals surface area contributed by atoms with E-state index in [0.717, 1.165) is 41.3 Å². The number of nitrogens with zero attached hydrogens (tertiary/aromatic N) is 1. The fraction of sp³-hybridized carbons (Fsp3) is 0.364. The zero-order valence-electron chi connectivity index (χ0n) is 15.9. The van der Waals surface area contributed by atoms with E-state index in [-0.39, 0.29) is 29.5 Å². The maximum atomic E-state index is 13.0. The van der Waals surface area contributed by atoms with E-state index in [9.17, 15) is 9.59 Å². The Labute approximate surface area is 169 Å². The lowest BCUT2D eigenvalue weighted by Gasteiger charge is -2.28. The average Bonchev–Trinajstić information content (AvgIpc) is 3.19. The van der Waals surface area contributed by atoms with Crippen LogP contribution in [0.5, 0.6) is 5.75 Å². The zero-order valence-corrected chi connectivity index (χ0v) is 16.7. The van der Waals surface area contributed by atoms with E-state index in [2.05, 4.69) is 5.32 Å². The molecule has 0 aliphatic carbocycles. The van der Waals surface area contributed by atoms with Gasteiger partial charge in [0.1, 0.15) is 5.75 Å². The van der Waals surface area contributed by atoms with Crippen LogP contribution in [0.1, 0.15) is 37.8 Å². The van der Waals surface area contributed by atoms with Crippen LogP contribution in [0.2, 0.25) is 0 Å². The Hall–Kier alpha value is -2.47. The number of amides is 2. The van der Waals surface area contributed by atoms with Crippen LogP contribution in [-0.2, 0) is 9.59 Å². The summed E-state index contributed by atoms with van der Waals surface area (Å²) in [5.41, 5.74) is 1.95. The van der Waals surface area contributed by atoms with E-state index in [4.69, 9.17) is 4.74 Å². The minimum Gasteiger partial charge on any atom is -0.494 e. The first-order valence-electron chi connectivity index (χ1n) is 9.74. The summed E-state index contributed by atoms with van der Waals surface area (Å²) < 4.78 is 5.51. The topological polar surface area (TPSA) is 58.6 Å². The van der Waals surface area contributed by atoms with E-state index in [1.807, 2.05) is 60.4 Å². The summed E-state index contributed by atoms with van der Waals surface area (Å²) in [5.74, 6) is 0.799. The molecule has 0 bridgehead atoms. The first-order chi connectivity index (χ1) is 13.7. The smallest absolute Gasteiger partial charge is 0.238 e. The molecule has 0 aromatic heterocycles. The molecule has 2 aromatic carbocycles. The molecule has 2 aliphatic rings. The molecule has 2 aliphatic heterocycles. The Balaban J connectivity index is 1.44. The monoisotopic (exact) mass is 396 g/mol. The summed E-state index contributed by atoms with van der Waals surface area (Å²) in [6.45, 7) is 3.34. The Morgan fingerprint density at radius 1 is 1.21 bits per heavy atom. The number of thioether (sulfide) groups is 1. The van der Waals surface area contributed by atoms with Crippen molar-refractivity contribution in [2.45, 2.75) is 42.4 Å². The van der Waals surface area contributed by atoms with Crippen LogP contribution in [0.3, 0.4) is 0 Å². The summed E-state index contributed by atoms with van der Waals surface area (Å²) in [6, 6.07) is 15.8. The Morgan fingerprint density at radius 3 is 2.79 bits per heavy atom. The van der Waals surface area contributed by atoms with Gasteiger partial charge in [0.05, 0.1) is 23.6 Å². The predicted octanol–water partition coefficient (Wildman–Crippen LogP) is 4.25. The second-order valence-corrected chi connectivity index (χ2v) is 8.29. The molecule has 1 saturated heterocycles. The molecule has 1 N–H and O–H groups in total. The van der Waals surface area contributed by atoms with E-state index in [1.165, 1.54) is 11.8 Å². The molecule has 6 heteroatoms. The third-order valence-electron chi connectivity index (χ3n) is 5.22. The molecule has 1 fully saturated rings. The molecule has 0 spiro atoms. The van der Waals surface area contributed by atoms with Gasteiger partial charge in [-0.15, -0.1) is 11.8 Å². The van der Waals surface area contributed by atoms with Crippen molar-refractivity contribution in [3.63, 3.8) is 0 Å². The molecular formula is C22H24N2O3S. The van der Waals surface area contributed by atoms with Crippen molar-refractivity contribution in [2.24, 2.45) is 0 Å². The van der Waals surface area contributed by atoms with Crippen LogP contribution < -0.4 is 10.1 Å². The number of benzene rings is 2. The number of carbonyl (C=O) groups excluding carboxylic acids is 2. The molecular weight excluding hydrogens is 372 g/mol. The van der Waals surface area contributed by atoms with Crippen molar-refractivity contribution in [3.05, 3.63) is 54.1 Å². The highest BCUT2D eigenvalue weighted by atomic mass is 32.2. The highest BCUT2D eigenvalue weighted by Crippen LogP contribution is 2.38. The highest BCUT2D eigenvalue weighted by Gasteiger charge is 2.34. The van der Waals surface area contributed by atoms with E-state index in [1.54, 1.807) is 0 Å². The van der Waals surface area contributed by atoms with E-state index >= 15 is 0 Å². The van der Waals surface area contributed by atoms with E-state index in [0.29, 0.717) is 6.61 Å². The molecule has 5 nitrogen and oxygen atoms in total. The first kappa shape index (κ1) is 18.9. The number of likely N-dealkylation sites (tertiary alicyclic amines) is 1. The molecule has 2 heterocycles. The van der Waals surface area contributed by atoms with Gasteiger partial charge in [-0.1, -0.05) is 24.3 Å². The molecule has 0 radical (unpaired) electrons. The van der Waals surface area contributed by atoms with Gasteiger partial charge in [0.25, 0.3) is 0 Å². The number of para-hydroxylation sites is 1. The second kappa shape index (κ2) is 8.27. The SMILES string of the molecule is CCOc1ccc([C@@H]2CCCN2C(=O)C[C@@H]2Sc3ccccc3NC2=O)cc1. The maximum Gasteiger partial charge on any atom is 0.238 e. The molecule has 28 heavy (non-hydrogen) atoms. The van der Waals surface area contributed by atoms with Crippen LogP contribution >= 0.6 is 11.8 Å². The Bertz CT molecular complexity index is 868. The van der Waals surface area contributed by atoms with Crippen LogP contribution in [-0.4, -0.2) is 35.1 Å². The van der Waals surface area contributed by atoms with Crippen molar-refractivity contribution in [1.82, 2.24) is 4.90 Å². The van der Waals surface area contributed by atoms with Crippen molar-refractivity contribution in [2.75, 3.05) is 18.5 Å². The van der Waals surface area contributed by atoms with Gasteiger partial charge in [-0.05, 0) is 49.6 Å². The van der Waals surface area contributed by atoms with Gasteiger partial charge in [0.15, 0.2) is 0 Å². The molecule has 2 amide bonds. The van der Waals surface area contributed by atoms with Gasteiger partial charge in [-0.3, -0.25) is 9.59 Å². The minimum atomic E-state index is -0.385. The Kier molecular flexibility index (Phi) is 5.57. The number of nitrogens with one attached hydrogen (secondary N) is 1. The zero-order chi connectivity index (χ0) is 19.5. The number of hydrogen-bond acceptors (Lipinski definition) is 4. The molecule has 146 valence electrons. The number of hydrogen-bond donors (Lipinski definition) is 1.